The summed E-state index contributed by atoms with van der Waals surface area (Å²) in [6.45, 7) is 4.24. The van der Waals surface area contributed by atoms with Gasteiger partial charge in [0.25, 0.3) is 0 Å². The number of allylic oxidation sites excluding steroid dienone is 1. The molecule has 3 nitrogen and oxygen atoms in total. The molecular formula is C14H16NO2+. The summed E-state index contributed by atoms with van der Waals surface area (Å²) in [4.78, 5) is 0. The van der Waals surface area contributed by atoms with Crippen molar-refractivity contribution in [2.75, 3.05) is 34.7 Å². The molecule has 0 aromatic heterocycles. The van der Waals surface area contributed by atoms with Crippen molar-refractivity contribution in [3.8, 4) is 12.0 Å². The molecule has 3 heteroatoms. The van der Waals surface area contributed by atoms with Crippen LogP contribution >= 0.6 is 0 Å². The van der Waals surface area contributed by atoms with E-state index in [2.05, 4.69) is 47.2 Å². The van der Waals surface area contributed by atoms with E-state index >= 15 is 0 Å². The van der Waals surface area contributed by atoms with Crippen molar-refractivity contribution in [1.29, 1.82) is 0 Å². The highest BCUT2D eigenvalue weighted by atomic mass is 16.5. The lowest BCUT2D eigenvalue weighted by atomic mass is 10.5. The SMILES string of the molecule is C=C=C=C=C=C=CC#C[N+](C)(COC)COC. The van der Waals surface area contributed by atoms with E-state index in [1.807, 2.05) is 7.05 Å². The number of rotatable bonds is 4. The van der Waals surface area contributed by atoms with Crippen LogP contribution in [-0.2, 0) is 9.47 Å². The Hall–Kier alpha value is -1.92. The monoisotopic (exact) mass is 230 g/mol. The van der Waals surface area contributed by atoms with E-state index in [-0.39, 0.29) is 0 Å². The molecule has 0 aromatic carbocycles. The van der Waals surface area contributed by atoms with E-state index in [9.17, 15) is 0 Å². The van der Waals surface area contributed by atoms with Gasteiger partial charge in [-0.3, -0.25) is 0 Å². The summed E-state index contributed by atoms with van der Waals surface area (Å²) in [6.07, 6.45) is 1.54. The lowest BCUT2D eigenvalue weighted by Gasteiger charge is -2.23. The van der Waals surface area contributed by atoms with Gasteiger partial charge in [-0.25, -0.2) is 4.48 Å². The molecule has 0 atom stereocenters. The molecule has 0 aliphatic rings. The molecule has 17 heavy (non-hydrogen) atoms. The van der Waals surface area contributed by atoms with Crippen molar-refractivity contribution in [1.82, 2.24) is 0 Å². The second-order valence-electron chi connectivity index (χ2n) is 3.33. The predicted molar refractivity (Wildman–Crippen MR) is 65.5 cm³/mol. The molecule has 0 aliphatic carbocycles. The van der Waals surface area contributed by atoms with Gasteiger partial charge in [0.1, 0.15) is 6.04 Å². The summed E-state index contributed by atoms with van der Waals surface area (Å²) >= 11 is 0. The fourth-order valence-corrected chi connectivity index (χ4v) is 1.04. The molecule has 0 fully saturated rings. The molecule has 0 radical (unpaired) electrons. The van der Waals surface area contributed by atoms with Gasteiger partial charge in [-0.05, 0) is 29.7 Å². The summed E-state index contributed by atoms with van der Waals surface area (Å²) in [7, 11) is 5.16. The van der Waals surface area contributed by atoms with Gasteiger partial charge in [-0.2, -0.15) is 0 Å². The van der Waals surface area contributed by atoms with Crippen LogP contribution in [0.25, 0.3) is 0 Å². The summed E-state index contributed by atoms with van der Waals surface area (Å²) in [5.74, 6) is 2.83. The molecule has 0 saturated heterocycles. The lowest BCUT2D eigenvalue weighted by Crippen LogP contribution is -2.42. The quantitative estimate of drug-likeness (QED) is 0.316. The number of hydrogen-bond donors (Lipinski definition) is 0. The van der Waals surface area contributed by atoms with Crippen LogP contribution in [0.2, 0.25) is 0 Å². The van der Waals surface area contributed by atoms with Crippen LogP contribution in [0, 0.1) is 12.0 Å². The van der Waals surface area contributed by atoms with E-state index in [0.29, 0.717) is 17.9 Å². The Morgan fingerprint density at radius 2 is 1.76 bits per heavy atom. The lowest BCUT2D eigenvalue weighted by molar-refractivity contribution is -0.883. The first-order valence-corrected chi connectivity index (χ1v) is 4.88. The smallest absolute Gasteiger partial charge is 0.196 e. The first kappa shape index (κ1) is 15.1. The maximum absolute atomic E-state index is 5.07. The highest BCUT2D eigenvalue weighted by Gasteiger charge is 2.18. The molecule has 0 heterocycles. The van der Waals surface area contributed by atoms with Gasteiger partial charge in [-0.1, -0.05) is 11.5 Å². The third kappa shape index (κ3) is 7.95. The number of quaternary nitrogens is 1. The average Bonchev–Trinajstić information content (AvgIpc) is 2.28. The van der Waals surface area contributed by atoms with Gasteiger partial charge in [0.15, 0.2) is 13.5 Å². The van der Waals surface area contributed by atoms with Gasteiger partial charge < -0.3 is 9.47 Å². The summed E-state index contributed by atoms with van der Waals surface area (Å²) < 4.78 is 10.5. The highest BCUT2D eigenvalue weighted by Crippen LogP contribution is 1.99. The summed E-state index contributed by atoms with van der Waals surface area (Å²) in [5, 5.41) is 0. The van der Waals surface area contributed by atoms with Crippen molar-refractivity contribution in [3.63, 3.8) is 0 Å². The maximum Gasteiger partial charge on any atom is 0.196 e. The molecule has 0 spiro atoms. The van der Waals surface area contributed by atoms with Crippen LogP contribution in [0.15, 0.2) is 41.3 Å². The topological polar surface area (TPSA) is 18.5 Å². The van der Waals surface area contributed by atoms with Crippen LogP contribution in [0.5, 0.6) is 0 Å². The molecule has 0 amide bonds. The van der Waals surface area contributed by atoms with Gasteiger partial charge in [-0.15, -0.1) is 0 Å². The minimum atomic E-state index is 0.345. The molecular weight excluding hydrogens is 214 g/mol. The largest absolute Gasteiger partial charge is 0.334 e. The predicted octanol–water partition coefficient (Wildman–Crippen LogP) is 1.56. The van der Waals surface area contributed by atoms with Crippen molar-refractivity contribution in [2.24, 2.45) is 0 Å². The summed E-state index contributed by atoms with van der Waals surface area (Å²) in [5.41, 5.74) is 12.8. The zero-order valence-corrected chi connectivity index (χ0v) is 10.5. The van der Waals surface area contributed by atoms with Crippen LogP contribution in [-0.4, -0.2) is 39.2 Å². The standard InChI is InChI=1S/C14H16NO2/c1-5-6-7-8-9-10-11-12-15(2,13-16-3)14-17-4/h10H,1,13-14H2,2-4H3/q+1. The van der Waals surface area contributed by atoms with Crippen molar-refractivity contribution in [2.45, 2.75) is 0 Å². The number of ether oxygens (including phenoxy) is 2. The Morgan fingerprint density at radius 1 is 1.12 bits per heavy atom. The zero-order valence-electron chi connectivity index (χ0n) is 10.5. The van der Waals surface area contributed by atoms with Crippen molar-refractivity contribution >= 4 is 0 Å². The van der Waals surface area contributed by atoms with E-state index in [1.165, 1.54) is 0 Å². The van der Waals surface area contributed by atoms with Gasteiger partial charge >= 0.3 is 0 Å². The van der Waals surface area contributed by atoms with E-state index in [4.69, 9.17) is 9.47 Å². The van der Waals surface area contributed by atoms with Gasteiger partial charge in [0, 0.05) is 20.3 Å². The Labute approximate surface area is 103 Å². The molecule has 0 aromatic rings. The third-order valence-electron chi connectivity index (χ3n) is 1.59. The molecule has 0 unspecified atom stereocenters. The first-order valence-electron chi connectivity index (χ1n) is 4.88. The minimum Gasteiger partial charge on any atom is -0.334 e. The number of hydrogen-bond acceptors (Lipinski definition) is 2. The van der Waals surface area contributed by atoms with Gasteiger partial charge in [0.05, 0.1) is 7.05 Å². The van der Waals surface area contributed by atoms with E-state index in [0.717, 1.165) is 0 Å². The maximum atomic E-state index is 5.07. The fourth-order valence-electron chi connectivity index (χ4n) is 1.04. The van der Waals surface area contributed by atoms with Gasteiger partial charge in [0.2, 0.25) is 0 Å². The minimum absolute atomic E-state index is 0.345. The Morgan fingerprint density at radius 3 is 2.29 bits per heavy atom. The molecule has 0 bridgehead atoms. The van der Waals surface area contributed by atoms with Crippen LogP contribution in [0.4, 0.5) is 0 Å². The van der Waals surface area contributed by atoms with E-state index < -0.39 is 0 Å². The molecule has 88 valence electrons. The van der Waals surface area contributed by atoms with Crippen LogP contribution in [0.1, 0.15) is 0 Å². The van der Waals surface area contributed by atoms with Crippen molar-refractivity contribution in [3.05, 3.63) is 41.3 Å². The fraction of sp³-hybridized carbons (Fsp3) is 0.357. The Bertz CT molecular complexity index is 472. The molecule has 0 saturated carbocycles. The van der Waals surface area contributed by atoms with Crippen molar-refractivity contribution < 1.29 is 14.0 Å². The highest BCUT2D eigenvalue weighted by molar-refractivity contribution is 5.11. The second kappa shape index (κ2) is 9.32. The molecule has 0 rings (SSSR count). The average molecular weight is 230 g/mol. The summed E-state index contributed by atoms with van der Waals surface area (Å²) in [6, 6.07) is 2.99. The first-order chi connectivity index (χ1) is 8.18. The molecule has 0 aliphatic heterocycles. The number of methoxy groups -OCH3 is 2. The Balaban J connectivity index is 4.86. The second-order valence-corrected chi connectivity index (χ2v) is 3.33. The molecule has 0 N–H and O–H groups in total. The van der Waals surface area contributed by atoms with E-state index in [1.54, 1.807) is 20.3 Å². The van der Waals surface area contributed by atoms with Crippen LogP contribution < -0.4 is 0 Å². The third-order valence-corrected chi connectivity index (χ3v) is 1.59. The Kier molecular flexibility index (Phi) is 8.26. The number of nitrogens with zero attached hydrogens (tertiary/aromatic N) is 1. The normalized spacial score (nSPS) is 8.41. The van der Waals surface area contributed by atoms with Crippen LogP contribution in [0.3, 0.4) is 0 Å². The zero-order chi connectivity index (χ0) is 13.0.